The Labute approximate surface area is 56.5 Å². The van der Waals surface area contributed by atoms with E-state index in [1.165, 1.54) is 12.8 Å². The molecule has 9 heavy (non-hydrogen) atoms. The van der Waals surface area contributed by atoms with Crippen molar-refractivity contribution in [2.24, 2.45) is 5.41 Å². The maximum Gasteiger partial charge on any atom is 0.238 e. The second-order valence-corrected chi connectivity index (χ2v) is 2.53. The Bertz CT molecular complexity index is 127. The van der Waals surface area contributed by atoms with E-state index in [1.54, 1.807) is 0 Å². The molecule has 0 saturated carbocycles. The van der Waals surface area contributed by atoms with Crippen molar-refractivity contribution in [3.8, 4) is 0 Å². The molecule has 0 aromatic heterocycles. The van der Waals surface area contributed by atoms with Gasteiger partial charge < -0.3 is 0 Å². The van der Waals surface area contributed by atoms with E-state index in [9.17, 15) is 0 Å². The zero-order valence-electron chi connectivity index (χ0n) is 6.09. The number of hydrogen-bond acceptors (Lipinski definition) is 1. The standard InChI is InChI=1S/C8H13N/c1-3-8(4-2)5-6-9-7-8/h5-7H,3-4H2,1-2H3/q+1. The second kappa shape index (κ2) is 2.34. The van der Waals surface area contributed by atoms with Crippen molar-refractivity contribution in [3.63, 3.8) is 0 Å². The molecule has 0 bridgehead atoms. The number of rotatable bonds is 2. The van der Waals surface area contributed by atoms with Gasteiger partial charge in [0.25, 0.3) is 0 Å². The molecular weight excluding hydrogens is 110 g/mol. The van der Waals surface area contributed by atoms with Gasteiger partial charge >= 0.3 is 0 Å². The number of nitrogens with zero attached hydrogens (tertiary/aromatic N) is 1. The summed E-state index contributed by atoms with van der Waals surface area (Å²) in [6.45, 7) is 4.40. The molecule has 0 N–H and O–H groups in total. The summed E-state index contributed by atoms with van der Waals surface area (Å²) < 4.78 is 0. The minimum Gasteiger partial charge on any atom is -0.0640 e. The van der Waals surface area contributed by atoms with Gasteiger partial charge in [0.2, 0.25) is 12.4 Å². The highest BCUT2D eigenvalue weighted by atomic mass is 14.7. The smallest absolute Gasteiger partial charge is 0.0640 e. The predicted molar refractivity (Wildman–Crippen MR) is 40.4 cm³/mol. The first-order valence-electron chi connectivity index (χ1n) is 3.55. The van der Waals surface area contributed by atoms with Crippen LogP contribution in [0.4, 0.5) is 0 Å². The van der Waals surface area contributed by atoms with Crippen LogP contribution >= 0.6 is 0 Å². The first-order valence-corrected chi connectivity index (χ1v) is 3.55. The quantitative estimate of drug-likeness (QED) is 0.531. The molecular formula is C8H13N+. The maximum atomic E-state index is 4.07. The molecule has 1 nitrogen and oxygen atoms in total. The first-order chi connectivity index (χ1) is 4.33. The summed E-state index contributed by atoms with van der Waals surface area (Å²) in [6.07, 6.45) is 8.47. The third-order valence-corrected chi connectivity index (χ3v) is 2.14. The largest absolute Gasteiger partial charge is 0.238 e. The summed E-state index contributed by atoms with van der Waals surface area (Å²) in [4.78, 5) is 4.07. The van der Waals surface area contributed by atoms with E-state index in [-0.39, 0.29) is 0 Å². The van der Waals surface area contributed by atoms with Crippen LogP contribution in [-0.2, 0) is 0 Å². The fourth-order valence-electron chi connectivity index (χ4n) is 1.09. The number of hydrogen-bond donors (Lipinski definition) is 0. The molecule has 0 aromatic rings. The molecule has 1 heterocycles. The lowest BCUT2D eigenvalue weighted by atomic mass is 9.85. The Balaban J connectivity index is 2.69. The van der Waals surface area contributed by atoms with Crippen LogP contribution in [0.25, 0.3) is 0 Å². The fourth-order valence-corrected chi connectivity index (χ4v) is 1.09. The van der Waals surface area contributed by atoms with E-state index in [2.05, 4.69) is 24.9 Å². The van der Waals surface area contributed by atoms with E-state index < -0.39 is 0 Å². The Morgan fingerprint density at radius 3 is 2.22 bits per heavy atom. The molecule has 0 amide bonds. The first kappa shape index (κ1) is 6.53. The third kappa shape index (κ3) is 1.04. The molecule has 0 saturated heterocycles. The van der Waals surface area contributed by atoms with Crippen LogP contribution in [0.1, 0.15) is 26.7 Å². The average molecular weight is 123 g/mol. The van der Waals surface area contributed by atoms with Crippen LogP contribution in [0.2, 0.25) is 0 Å². The van der Waals surface area contributed by atoms with Crippen LogP contribution in [0.15, 0.2) is 12.3 Å². The average Bonchev–Trinajstić information content (AvgIpc) is 2.36. The lowest BCUT2D eigenvalue weighted by Crippen LogP contribution is -2.15. The summed E-state index contributed by atoms with van der Waals surface area (Å²) in [6, 6.07) is 0. The van der Waals surface area contributed by atoms with Crippen LogP contribution in [0.5, 0.6) is 0 Å². The summed E-state index contributed by atoms with van der Waals surface area (Å²) >= 11 is 0. The van der Waals surface area contributed by atoms with Crippen molar-refractivity contribution >= 4 is 6.21 Å². The van der Waals surface area contributed by atoms with Gasteiger partial charge in [-0.25, -0.2) is 0 Å². The lowest BCUT2D eigenvalue weighted by Gasteiger charge is -2.13. The molecule has 1 radical (unpaired) electrons. The van der Waals surface area contributed by atoms with Crippen molar-refractivity contribution in [2.75, 3.05) is 0 Å². The number of aliphatic imine (C=N–C) groups is 1. The van der Waals surface area contributed by atoms with E-state index in [1.807, 2.05) is 12.4 Å². The lowest BCUT2D eigenvalue weighted by molar-refractivity contribution is 0.512. The Hall–Kier alpha value is -0.590. The van der Waals surface area contributed by atoms with Gasteiger partial charge in [-0.1, -0.05) is 13.8 Å². The summed E-state index contributed by atoms with van der Waals surface area (Å²) in [5.74, 6) is 0. The van der Waals surface area contributed by atoms with Crippen molar-refractivity contribution in [1.82, 2.24) is 4.99 Å². The van der Waals surface area contributed by atoms with Gasteiger partial charge in [0.1, 0.15) is 0 Å². The molecule has 0 aromatic carbocycles. The highest BCUT2D eigenvalue weighted by Crippen LogP contribution is 2.26. The Morgan fingerprint density at radius 2 is 2.00 bits per heavy atom. The SMILES string of the molecule is CCC1(CC)C=C[N+]=C1. The van der Waals surface area contributed by atoms with Crippen molar-refractivity contribution < 1.29 is 0 Å². The monoisotopic (exact) mass is 123 g/mol. The molecule has 0 unspecified atom stereocenters. The molecule has 1 aliphatic heterocycles. The van der Waals surface area contributed by atoms with Gasteiger partial charge in [0, 0.05) is 11.1 Å². The predicted octanol–water partition coefficient (Wildman–Crippen LogP) is 1.73. The van der Waals surface area contributed by atoms with E-state index in [4.69, 9.17) is 0 Å². The molecule has 49 valence electrons. The maximum absolute atomic E-state index is 4.07. The van der Waals surface area contributed by atoms with Crippen molar-refractivity contribution in [1.29, 1.82) is 0 Å². The van der Waals surface area contributed by atoms with Gasteiger partial charge in [-0.3, -0.25) is 0 Å². The minimum atomic E-state index is 0.306. The normalized spacial score (nSPS) is 21.1. The summed E-state index contributed by atoms with van der Waals surface area (Å²) in [5, 5.41) is 0. The number of allylic oxidation sites excluding steroid dienone is 1. The molecule has 0 spiro atoms. The van der Waals surface area contributed by atoms with E-state index >= 15 is 0 Å². The highest BCUT2D eigenvalue weighted by Gasteiger charge is 2.29. The van der Waals surface area contributed by atoms with Crippen LogP contribution < -0.4 is 4.99 Å². The second-order valence-electron chi connectivity index (χ2n) is 2.53. The molecule has 0 aliphatic carbocycles. The van der Waals surface area contributed by atoms with Crippen molar-refractivity contribution in [2.45, 2.75) is 26.7 Å². The molecule has 0 atom stereocenters. The van der Waals surface area contributed by atoms with Crippen molar-refractivity contribution in [3.05, 3.63) is 12.3 Å². The van der Waals surface area contributed by atoms with Gasteiger partial charge in [-0.2, -0.15) is 0 Å². The Kier molecular flexibility index (Phi) is 1.70. The minimum absolute atomic E-state index is 0.306. The zero-order chi connectivity index (χ0) is 6.74. The molecule has 0 fully saturated rings. The van der Waals surface area contributed by atoms with Crippen LogP contribution in [-0.4, -0.2) is 6.21 Å². The van der Waals surface area contributed by atoms with Gasteiger partial charge in [0.05, 0.1) is 5.41 Å². The molecule has 1 heteroatoms. The van der Waals surface area contributed by atoms with Gasteiger partial charge in [-0.05, 0) is 12.8 Å². The van der Waals surface area contributed by atoms with Gasteiger partial charge in [-0.15, -0.1) is 0 Å². The summed E-state index contributed by atoms with van der Waals surface area (Å²) in [5.41, 5.74) is 0.306. The van der Waals surface area contributed by atoms with Crippen LogP contribution in [0.3, 0.4) is 0 Å². The topological polar surface area (TPSA) is 14.1 Å². The fraction of sp³-hybridized carbons (Fsp3) is 0.625. The molecule has 1 aliphatic rings. The highest BCUT2D eigenvalue weighted by molar-refractivity contribution is 5.70. The van der Waals surface area contributed by atoms with E-state index in [0.29, 0.717) is 5.41 Å². The van der Waals surface area contributed by atoms with E-state index in [0.717, 1.165) is 0 Å². The molecule has 1 rings (SSSR count). The third-order valence-electron chi connectivity index (χ3n) is 2.14. The summed E-state index contributed by atoms with van der Waals surface area (Å²) in [7, 11) is 0. The zero-order valence-corrected chi connectivity index (χ0v) is 6.09. The van der Waals surface area contributed by atoms with Crippen LogP contribution in [0, 0.1) is 5.41 Å². The van der Waals surface area contributed by atoms with Gasteiger partial charge in [0.15, 0.2) is 0 Å². The Morgan fingerprint density at radius 1 is 1.33 bits per heavy atom.